The molecule has 1 unspecified atom stereocenters. The number of phosphoric ester groups is 1. The SMILES string of the molecule is CCC(C=O)(CC)C1(CC)OP2(=O)OC1(CC)O2. The van der Waals surface area contributed by atoms with Gasteiger partial charge in [-0.1, -0.05) is 27.7 Å². The molecule has 104 valence electrons. The van der Waals surface area contributed by atoms with Gasteiger partial charge in [0.15, 0.2) is 0 Å². The molecule has 0 aromatic rings. The molecule has 0 aromatic heterocycles. The smallest absolute Gasteiger partial charge is 0.303 e. The van der Waals surface area contributed by atoms with Crippen molar-refractivity contribution >= 4 is 14.1 Å². The Balaban J connectivity index is 2.55. The zero-order valence-electron chi connectivity index (χ0n) is 11.4. The van der Waals surface area contributed by atoms with E-state index in [2.05, 4.69) is 0 Å². The van der Waals surface area contributed by atoms with Crippen molar-refractivity contribution in [2.75, 3.05) is 0 Å². The summed E-state index contributed by atoms with van der Waals surface area (Å²) in [7, 11) is -3.41. The van der Waals surface area contributed by atoms with E-state index >= 15 is 0 Å². The molecule has 0 amide bonds. The fourth-order valence-electron chi connectivity index (χ4n) is 3.47. The summed E-state index contributed by atoms with van der Waals surface area (Å²) in [5, 5.41) is 0. The third-order valence-corrected chi connectivity index (χ3v) is 6.23. The molecule has 3 fully saturated rings. The van der Waals surface area contributed by atoms with E-state index in [4.69, 9.17) is 13.6 Å². The molecule has 6 heteroatoms. The largest absolute Gasteiger partial charge is 0.480 e. The van der Waals surface area contributed by atoms with Crippen LogP contribution in [0.25, 0.3) is 0 Å². The summed E-state index contributed by atoms with van der Waals surface area (Å²) in [5.74, 6) is -1.02. The molecule has 0 N–H and O–H groups in total. The number of phosphoric acid groups is 1. The van der Waals surface area contributed by atoms with Crippen LogP contribution < -0.4 is 0 Å². The topological polar surface area (TPSA) is 61.8 Å². The van der Waals surface area contributed by atoms with E-state index in [1.807, 2.05) is 27.7 Å². The monoisotopic (exact) mass is 276 g/mol. The lowest BCUT2D eigenvalue weighted by Crippen LogP contribution is -2.62. The summed E-state index contributed by atoms with van der Waals surface area (Å²) in [5.41, 5.74) is -1.66. The molecule has 3 heterocycles. The maximum Gasteiger partial charge on any atom is 0.480 e. The maximum absolute atomic E-state index is 12.0. The molecule has 18 heavy (non-hydrogen) atoms. The van der Waals surface area contributed by atoms with Crippen LogP contribution in [0.5, 0.6) is 0 Å². The van der Waals surface area contributed by atoms with Gasteiger partial charge in [-0.15, -0.1) is 0 Å². The molecule has 3 saturated heterocycles. The van der Waals surface area contributed by atoms with Crippen LogP contribution in [0.2, 0.25) is 0 Å². The molecule has 0 radical (unpaired) electrons. The van der Waals surface area contributed by atoms with Gasteiger partial charge < -0.3 is 4.79 Å². The van der Waals surface area contributed by atoms with Gasteiger partial charge in [0, 0.05) is 6.42 Å². The Morgan fingerprint density at radius 1 is 1.06 bits per heavy atom. The van der Waals surface area contributed by atoms with Gasteiger partial charge in [0.1, 0.15) is 11.9 Å². The van der Waals surface area contributed by atoms with Crippen LogP contribution in [0.15, 0.2) is 0 Å². The molecule has 0 aromatic carbocycles. The first-order valence-electron chi connectivity index (χ1n) is 6.61. The normalized spacial score (nSPS) is 42.7. The van der Waals surface area contributed by atoms with Gasteiger partial charge in [-0.3, -0.25) is 4.52 Å². The molecule has 3 aliphatic rings. The second-order valence-electron chi connectivity index (χ2n) is 4.99. The van der Waals surface area contributed by atoms with Crippen molar-refractivity contribution < 1.29 is 22.9 Å². The third-order valence-electron chi connectivity index (χ3n) is 4.66. The van der Waals surface area contributed by atoms with E-state index in [1.54, 1.807) is 0 Å². The highest BCUT2D eigenvalue weighted by molar-refractivity contribution is 7.50. The Kier molecular flexibility index (Phi) is 3.26. The van der Waals surface area contributed by atoms with Crippen molar-refractivity contribution in [1.82, 2.24) is 0 Å². The number of carbonyl (C=O) groups is 1. The molecule has 2 bridgehead atoms. The lowest BCUT2D eigenvalue weighted by Gasteiger charge is -2.48. The van der Waals surface area contributed by atoms with Crippen LogP contribution in [-0.2, 0) is 22.9 Å². The van der Waals surface area contributed by atoms with Crippen LogP contribution in [0.4, 0.5) is 0 Å². The van der Waals surface area contributed by atoms with E-state index in [0.29, 0.717) is 25.7 Å². The summed E-state index contributed by atoms with van der Waals surface area (Å²) in [4.78, 5) is 11.7. The van der Waals surface area contributed by atoms with Gasteiger partial charge in [-0.05, 0) is 19.3 Å². The molecule has 0 saturated carbocycles. The minimum Gasteiger partial charge on any atom is -0.303 e. The second-order valence-corrected chi connectivity index (χ2v) is 6.43. The van der Waals surface area contributed by atoms with Gasteiger partial charge in [0.2, 0.25) is 5.79 Å². The van der Waals surface area contributed by atoms with E-state index < -0.39 is 24.6 Å². The van der Waals surface area contributed by atoms with Gasteiger partial charge in [0.05, 0.1) is 5.41 Å². The molecule has 3 rings (SSSR count). The third kappa shape index (κ3) is 1.34. The zero-order valence-corrected chi connectivity index (χ0v) is 12.3. The van der Waals surface area contributed by atoms with E-state index in [0.717, 1.165) is 6.29 Å². The molecule has 3 aliphatic heterocycles. The summed E-state index contributed by atoms with van der Waals surface area (Å²) in [6.45, 7) is 7.69. The number of fused-ring (bicyclic) bond motifs is 1. The molecule has 0 spiro atoms. The van der Waals surface area contributed by atoms with Gasteiger partial charge in [-0.25, -0.2) is 13.6 Å². The van der Waals surface area contributed by atoms with Crippen molar-refractivity contribution in [2.24, 2.45) is 5.41 Å². The van der Waals surface area contributed by atoms with Crippen LogP contribution in [-0.4, -0.2) is 17.7 Å². The summed E-state index contributed by atoms with van der Waals surface area (Å²) >= 11 is 0. The van der Waals surface area contributed by atoms with Gasteiger partial charge >= 0.3 is 7.82 Å². The van der Waals surface area contributed by atoms with E-state index in [9.17, 15) is 9.36 Å². The second kappa shape index (κ2) is 4.14. The number of rotatable bonds is 6. The minimum absolute atomic E-state index is 0.514. The summed E-state index contributed by atoms with van der Waals surface area (Å²) < 4.78 is 28.6. The highest BCUT2D eigenvalue weighted by Gasteiger charge is 2.81. The Morgan fingerprint density at radius 2 is 1.61 bits per heavy atom. The Morgan fingerprint density at radius 3 is 1.94 bits per heavy atom. The Bertz CT molecular complexity index is 393. The first-order valence-corrected chi connectivity index (χ1v) is 8.07. The van der Waals surface area contributed by atoms with E-state index in [-0.39, 0.29) is 0 Å². The summed E-state index contributed by atoms with van der Waals surface area (Å²) in [6, 6.07) is 0. The highest BCUT2D eigenvalue weighted by atomic mass is 31.2. The lowest BCUT2D eigenvalue weighted by atomic mass is 9.63. The van der Waals surface area contributed by atoms with Crippen LogP contribution in [0.3, 0.4) is 0 Å². The Labute approximate surface area is 108 Å². The number of aldehydes is 1. The van der Waals surface area contributed by atoms with Crippen molar-refractivity contribution in [3.63, 3.8) is 0 Å². The van der Waals surface area contributed by atoms with Crippen LogP contribution >= 0.6 is 7.82 Å². The molecular formula is C12H21O5P. The number of hydrogen-bond donors (Lipinski definition) is 0. The standard InChI is InChI=1S/C12H21O5P/c1-5-10(6-2,9-13)11(7-3)12(8-4)16-18(14,15-11)17-12/h9H,5-8H2,1-4H3. The first kappa shape index (κ1) is 14.2. The maximum atomic E-state index is 12.0. The highest BCUT2D eigenvalue weighted by Crippen LogP contribution is 2.82. The van der Waals surface area contributed by atoms with Crippen molar-refractivity contribution in [1.29, 1.82) is 0 Å². The molecule has 0 aliphatic carbocycles. The predicted octanol–water partition coefficient (Wildman–Crippen LogP) is 3.43. The van der Waals surface area contributed by atoms with Crippen molar-refractivity contribution in [3.05, 3.63) is 0 Å². The summed E-state index contributed by atoms with van der Waals surface area (Å²) in [6.07, 6.45) is 3.19. The molecule has 1 atom stereocenters. The Hall–Kier alpha value is -0.220. The van der Waals surface area contributed by atoms with Crippen LogP contribution in [0, 0.1) is 5.41 Å². The fourth-order valence-corrected chi connectivity index (χ4v) is 5.66. The molecule has 5 nitrogen and oxygen atoms in total. The van der Waals surface area contributed by atoms with Crippen LogP contribution in [0.1, 0.15) is 53.4 Å². The van der Waals surface area contributed by atoms with Gasteiger partial charge in [-0.2, -0.15) is 0 Å². The average Bonchev–Trinajstić information content (AvgIpc) is 2.77. The van der Waals surface area contributed by atoms with Gasteiger partial charge in [0.25, 0.3) is 0 Å². The molecular weight excluding hydrogens is 255 g/mol. The van der Waals surface area contributed by atoms with Crippen molar-refractivity contribution in [2.45, 2.75) is 64.8 Å². The number of hydrogen-bond acceptors (Lipinski definition) is 5. The fraction of sp³-hybridized carbons (Fsp3) is 0.917. The zero-order chi connectivity index (χ0) is 13.7. The minimum atomic E-state index is -3.41. The quantitative estimate of drug-likeness (QED) is 0.549. The van der Waals surface area contributed by atoms with Crippen molar-refractivity contribution in [3.8, 4) is 0 Å². The van der Waals surface area contributed by atoms with E-state index in [1.165, 1.54) is 0 Å². The predicted molar refractivity (Wildman–Crippen MR) is 66.0 cm³/mol. The number of carbonyl (C=O) groups excluding carboxylic acids is 1. The average molecular weight is 276 g/mol. The first-order chi connectivity index (χ1) is 8.42. The lowest BCUT2D eigenvalue weighted by molar-refractivity contribution is -0.244.